The zero-order valence-corrected chi connectivity index (χ0v) is 20.9. The van der Waals surface area contributed by atoms with Gasteiger partial charge in [0.1, 0.15) is 5.01 Å². The lowest BCUT2D eigenvalue weighted by Crippen LogP contribution is -2.36. The van der Waals surface area contributed by atoms with Crippen LogP contribution in [0.2, 0.25) is 0 Å². The van der Waals surface area contributed by atoms with E-state index in [1.54, 1.807) is 18.4 Å². The lowest BCUT2D eigenvalue weighted by molar-refractivity contribution is -0.119. The molecule has 1 aromatic heterocycles. The largest absolute Gasteiger partial charge is 0.352 e. The second kappa shape index (κ2) is 12.8. The zero-order valence-electron chi connectivity index (χ0n) is 17.8. The molecule has 1 atom stereocenters. The fourth-order valence-electron chi connectivity index (χ4n) is 2.45. The topological polar surface area (TPSA) is 78.4 Å². The second-order valence-electron chi connectivity index (χ2n) is 7.10. The Bertz CT molecular complexity index is 806. The Morgan fingerprint density at radius 1 is 1.21 bits per heavy atom. The third kappa shape index (κ3) is 8.30. The molecule has 0 aliphatic carbocycles. The predicted molar refractivity (Wildman–Crippen MR) is 133 cm³/mol. The van der Waals surface area contributed by atoms with Gasteiger partial charge in [-0.2, -0.15) is 0 Å². The molecule has 29 heavy (non-hydrogen) atoms. The third-order valence-electron chi connectivity index (χ3n) is 4.51. The number of hydrogen-bond acceptors (Lipinski definition) is 4. The van der Waals surface area contributed by atoms with E-state index in [0.717, 1.165) is 34.3 Å². The van der Waals surface area contributed by atoms with Crippen molar-refractivity contribution in [2.24, 2.45) is 10.9 Å². The maximum Gasteiger partial charge on any atom is 0.227 e. The molecule has 2 aromatic rings. The van der Waals surface area contributed by atoms with Crippen LogP contribution in [0.4, 0.5) is 5.69 Å². The molecule has 3 N–H and O–H groups in total. The van der Waals surface area contributed by atoms with Crippen molar-refractivity contribution in [3.05, 3.63) is 45.9 Å². The van der Waals surface area contributed by atoms with Crippen LogP contribution in [0.3, 0.4) is 0 Å². The number of aliphatic imine (C=N–C) groups is 1. The summed E-state index contributed by atoms with van der Waals surface area (Å²) in [5.41, 5.74) is 3.01. The number of thiazole rings is 1. The Kier molecular flexibility index (Phi) is 11.2. The van der Waals surface area contributed by atoms with Gasteiger partial charge in [-0.15, -0.1) is 35.3 Å². The molecule has 1 amide bonds. The van der Waals surface area contributed by atoms with E-state index in [9.17, 15) is 4.79 Å². The molecule has 1 heterocycles. The van der Waals surface area contributed by atoms with E-state index in [-0.39, 0.29) is 35.8 Å². The normalized spacial score (nSPS) is 12.3. The SMILES string of the molecule is CCC(C)C(=O)Nc1cccc(CNC(=NC)NCc2nc(C(C)C)cs2)c1.I. The number of hydrogen-bond donors (Lipinski definition) is 3. The molecule has 0 spiro atoms. The number of carbonyl (C=O) groups excluding carboxylic acids is 1. The van der Waals surface area contributed by atoms with Crippen LogP contribution in [-0.4, -0.2) is 23.9 Å². The Hall–Kier alpha value is -1.68. The minimum atomic E-state index is 0. The number of aromatic nitrogens is 1. The van der Waals surface area contributed by atoms with Crippen molar-refractivity contribution in [1.29, 1.82) is 0 Å². The van der Waals surface area contributed by atoms with Crippen molar-refractivity contribution in [1.82, 2.24) is 15.6 Å². The molecule has 8 heteroatoms. The molecule has 0 fully saturated rings. The quantitative estimate of drug-likeness (QED) is 0.263. The molecule has 0 saturated heterocycles. The van der Waals surface area contributed by atoms with E-state index in [1.807, 2.05) is 38.1 Å². The first-order valence-electron chi connectivity index (χ1n) is 9.71. The number of nitrogens with zero attached hydrogens (tertiary/aromatic N) is 2. The maximum atomic E-state index is 12.1. The molecule has 0 radical (unpaired) electrons. The molecule has 160 valence electrons. The molecule has 0 aliphatic heterocycles. The molecule has 0 saturated carbocycles. The van der Waals surface area contributed by atoms with E-state index in [2.05, 4.69) is 45.2 Å². The van der Waals surface area contributed by atoms with Crippen molar-refractivity contribution < 1.29 is 4.79 Å². The van der Waals surface area contributed by atoms with Crippen molar-refractivity contribution in [2.45, 2.75) is 53.1 Å². The summed E-state index contributed by atoms with van der Waals surface area (Å²) in [7, 11) is 1.75. The molecule has 2 rings (SSSR count). The third-order valence-corrected chi connectivity index (χ3v) is 5.37. The monoisotopic (exact) mass is 529 g/mol. The summed E-state index contributed by atoms with van der Waals surface area (Å²) in [5.74, 6) is 1.21. The van der Waals surface area contributed by atoms with Crippen molar-refractivity contribution in [3.8, 4) is 0 Å². The first-order valence-corrected chi connectivity index (χ1v) is 10.6. The number of benzene rings is 1. The summed E-state index contributed by atoms with van der Waals surface area (Å²) in [4.78, 5) is 21.0. The minimum absolute atomic E-state index is 0. The highest BCUT2D eigenvalue weighted by Gasteiger charge is 2.11. The average molecular weight is 529 g/mol. The minimum Gasteiger partial charge on any atom is -0.352 e. The fraction of sp³-hybridized carbons (Fsp3) is 0.476. The summed E-state index contributed by atoms with van der Waals surface area (Å²) in [5, 5.41) is 12.7. The van der Waals surface area contributed by atoms with Crippen LogP contribution in [0.5, 0.6) is 0 Å². The van der Waals surface area contributed by atoms with Gasteiger partial charge in [0.2, 0.25) is 5.91 Å². The first-order chi connectivity index (χ1) is 13.4. The summed E-state index contributed by atoms with van der Waals surface area (Å²) < 4.78 is 0. The van der Waals surface area contributed by atoms with Gasteiger partial charge in [0, 0.05) is 30.6 Å². The van der Waals surface area contributed by atoms with Crippen LogP contribution in [0, 0.1) is 5.92 Å². The fourth-order valence-corrected chi connectivity index (χ4v) is 3.34. The van der Waals surface area contributed by atoms with Gasteiger partial charge in [-0.1, -0.05) is 39.8 Å². The van der Waals surface area contributed by atoms with Crippen molar-refractivity contribution in [2.75, 3.05) is 12.4 Å². The number of rotatable bonds is 8. The van der Waals surface area contributed by atoms with Gasteiger partial charge in [0.25, 0.3) is 0 Å². The molecule has 1 aromatic carbocycles. The second-order valence-corrected chi connectivity index (χ2v) is 8.04. The summed E-state index contributed by atoms with van der Waals surface area (Å²) in [6.07, 6.45) is 0.826. The van der Waals surface area contributed by atoms with E-state index < -0.39 is 0 Å². The average Bonchev–Trinajstić information content (AvgIpc) is 3.17. The number of anilines is 1. The molecule has 0 aliphatic rings. The Labute approximate surface area is 195 Å². The number of halogens is 1. The van der Waals surface area contributed by atoms with Gasteiger partial charge in [-0.25, -0.2) is 4.98 Å². The van der Waals surface area contributed by atoms with E-state index in [4.69, 9.17) is 0 Å². The Balaban J connectivity index is 0.00000420. The highest BCUT2D eigenvalue weighted by atomic mass is 127. The number of carbonyl (C=O) groups is 1. The van der Waals surface area contributed by atoms with Gasteiger partial charge >= 0.3 is 0 Å². The van der Waals surface area contributed by atoms with E-state index in [0.29, 0.717) is 19.0 Å². The standard InChI is InChI=1S/C21H31N5OS.HI/c1-6-15(4)20(27)25-17-9-7-8-16(10-17)11-23-21(22-5)24-12-19-26-18(13-28-19)14(2)3;/h7-10,13-15H,6,11-12H2,1-5H3,(H,25,27)(H2,22,23,24);1H. The van der Waals surface area contributed by atoms with Crippen molar-refractivity contribution in [3.63, 3.8) is 0 Å². The zero-order chi connectivity index (χ0) is 20.5. The van der Waals surface area contributed by atoms with E-state index >= 15 is 0 Å². The number of nitrogens with one attached hydrogen (secondary N) is 3. The maximum absolute atomic E-state index is 12.1. The first kappa shape index (κ1) is 25.4. The number of amides is 1. The number of guanidine groups is 1. The molecule has 6 nitrogen and oxygen atoms in total. The van der Waals surface area contributed by atoms with E-state index in [1.165, 1.54) is 0 Å². The Morgan fingerprint density at radius 2 is 1.93 bits per heavy atom. The van der Waals surface area contributed by atoms with Crippen LogP contribution < -0.4 is 16.0 Å². The molecular weight excluding hydrogens is 497 g/mol. The molecular formula is C21H32IN5OS. The summed E-state index contributed by atoms with van der Waals surface area (Å²) >= 11 is 1.66. The lowest BCUT2D eigenvalue weighted by atomic mass is 10.1. The molecule has 0 bridgehead atoms. The van der Waals surface area contributed by atoms with Crippen LogP contribution >= 0.6 is 35.3 Å². The van der Waals surface area contributed by atoms with Gasteiger partial charge < -0.3 is 16.0 Å². The van der Waals surface area contributed by atoms with Gasteiger partial charge in [0.15, 0.2) is 5.96 Å². The van der Waals surface area contributed by atoms with Gasteiger partial charge in [-0.3, -0.25) is 9.79 Å². The van der Waals surface area contributed by atoms with Crippen molar-refractivity contribution >= 4 is 52.9 Å². The lowest BCUT2D eigenvalue weighted by Gasteiger charge is -2.13. The predicted octanol–water partition coefficient (Wildman–Crippen LogP) is 4.73. The van der Waals surface area contributed by atoms with Gasteiger partial charge in [-0.05, 0) is 30.0 Å². The van der Waals surface area contributed by atoms with Crippen LogP contribution in [0.25, 0.3) is 0 Å². The van der Waals surface area contributed by atoms with Crippen LogP contribution in [0.15, 0.2) is 34.6 Å². The highest BCUT2D eigenvalue weighted by molar-refractivity contribution is 14.0. The summed E-state index contributed by atoms with van der Waals surface area (Å²) in [6.45, 7) is 9.49. The Morgan fingerprint density at radius 3 is 2.55 bits per heavy atom. The van der Waals surface area contributed by atoms with Gasteiger partial charge in [0.05, 0.1) is 12.2 Å². The van der Waals surface area contributed by atoms with Crippen LogP contribution in [-0.2, 0) is 17.9 Å². The smallest absolute Gasteiger partial charge is 0.227 e. The molecule has 1 unspecified atom stereocenters. The highest BCUT2D eigenvalue weighted by Crippen LogP contribution is 2.17. The summed E-state index contributed by atoms with van der Waals surface area (Å²) in [6, 6.07) is 7.86. The van der Waals surface area contributed by atoms with Crippen LogP contribution in [0.1, 0.15) is 56.3 Å².